The molecular formula is C26H29N5O4. The number of hydrogen-bond acceptors (Lipinski definition) is 6. The molecule has 35 heavy (non-hydrogen) atoms. The summed E-state index contributed by atoms with van der Waals surface area (Å²) in [6, 6.07) is 19.1. The van der Waals surface area contributed by atoms with E-state index in [1.165, 1.54) is 7.11 Å². The zero-order valence-electron chi connectivity index (χ0n) is 19.9. The largest absolute Gasteiger partial charge is 0.469 e. The minimum Gasteiger partial charge on any atom is -0.469 e. The molecule has 0 unspecified atom stereocenters. The van der Waals surface area contributed by atoms with E-state index < -0.39 is 5.97 Å². The van der Waals surface area contributed by atoms with Crippen LogP contribution in [0.5, 0.6) is 0 Å². The van der Waals surface area contributed by atoms with E-state index in [9.17, 15) is 14.4 Å². The maximum absolute atomic E-state index is 13.3. The van der Waals surface area contributed by atoms with Gasteiger partial charge in [0.05, 0.1) is 24.9 Å². The molecule has 2 heterocycles. The number of piperazine rings is 1. The van der Waals surface area contributed by atoms with Gasteiger partial charge in [0.1, 0.15) is 5.69 Å². The smallest absolute Gasteiger partial charge is 0.306 e. The average Bonchev–Trinajstić information content (AvgIpc) is 3.29. The summed E-state index contributed by atoms with van der Waals surface area (Å²) in [5.74, 6) is -0.697. The van der Waals surface area contributed by atoms with Gasteiger partial charge >= 0.3 is 5.97 Å². The molecule has 2 amide bonds. The Balaban J connectivity index is 1.37. The van der Waals surface area contributed by atoms with Crippen LogP contribution < -0.4 is 10.2 Å². The van der Waals surface area contributed by atoms with E-state index in [0.717, 1.165) is 17.1 Å². The first-order valence-electron chi connectivity index (χ1n) is 11.6. The van der Waals surface area contributed by atoms with Gasteiger partial charge in [0.25, 0.3) is 5.91 Å². The fourth-order valence-corrected chi connectivity index (χ4v) is 4.07. The minimum absolute atomic E-state index is 0.0410. The third-order valence-corrected chi connectivity index (χ3v) is 5.90. The van der Waals surface area contributed by atoms with Crippen LogP contribution in [0.25, 0.3) is 5.69 Å². The van der Waals surface area contributed by atoms with E-state index in [1.807, 2.05) is 72.5 Å². The number of carbonyl (C=O) groups excluding carboxylic acids is 3. The van der Waals surface area contributed by atoms with Gasteiger partial charge in [-0.3, -0.25) is 14.4 Å². The van der Waals surface area contributed by atoms with Crippen molar-refractivity contribution in [2.24, 2.45) is 0 Å². The van der Waals surface area contributed by atoms with Crippen LogP contribution in [0.1, 0.15) is 29.0 Å². The molecule has 3 aromatic rings. The fraction of sp³-hybridized carbons (Fsp3) is 0.308. The molecule has 0 aliphatic carbocycles. The van der Waals surface area contributed by atoms with Gasteiger partial charge in [-0.2, -0.15) is 5.10 Å². The number of para-hydroxylation sites is 1. The first kappa shape index (κ1) is 24.0. The Labute approximate surface area is 204 Å². The van der Waals surface area contributed by atoms with Crippen LogP contribution in [0.15, 0.2) is 60.7 Å². The lowest BCUT2D eigenvalue weighted by Crippen LogP contribution is -2.49. The third-order valence-electron chi connectivity index (χ3n) is 5.90. The predicted octanol–water partition coefficient (Wildman–Crippen LogP) is 3.03. The lowest BCUT2D eigenvalue weighted by molar-refractivity contribution is -0.141. The second-order valence-corrected chi connectivity index (χ2v) is 8.37. The molecule has 9 heteroatoms. The molecule has 9 nitrogen and oxygen atoms in total. The van der Waals surface area contributed by atoms with Crippen molar-refractivity contribution in [2.75, 3.05) is 43.5 Å². The Morgan fingerprint density at radius 1 is 0.914 bits per heavy atom. The molecule has 0 saturated carbocycles. The Morgan fingerprint density at radius 2 is 1.63 bits per heavy atom. The molecule has 0 atom stereocenters. The molecule has 1 aliphatic heterocycles. The van der Waals surface area contributed by atoms with Gasteiger partial charge < -0.3 is 19.9 Å². The first-order chi connectivity index (χ1) is 16.9. The summed E-state index contributed by atoms with van der Waals surface area (Å²) in [4.78, 5) is 40.7. The van der Waals surface area contributed by atoms with Gasteiger partial charge in [-0.25, -0.2) is 4.68 Å². The molecule has 1 N–H and O–H groups in total. The highest BCUT2D eigenvalue weighted by Gasteiger charge is 2.26. The summed E-state index contributed by atoms with van der Waals surface area (Å²) in [7, 11) is 1.30. The zero-order chi connectivity index (χ0) is 24.8. The molecule has 1 fully saturated rings. The van der Waals surface area contributed by atoms with Crippen LogP contribution in [0.2, 0.25) is 0 Å². The van der Waals surface area contributed by atoms with Crippen LogP contribution in [0.3, 0.4) is 0 Å². The van der Waals surface area contributed by atoms with Crippen molar-refractivity contribution in [3.63, 3.8) is 0 Å². The van der Waals surface area contributed by atoms with Crippen molar-refractivity contribution in [2.45, 2.75) is 19.8 Å². The number of rotatable bonds is 7. The van der Waals surface area contributed by atoms with Crippen molar-refractivity contribution in [1.82, 2.24) is 14.7 Å². The monoisotopic (exact) mass is 475 g/mol. The Hall–Kier alpha value is -4.14. The van der Waals surface area contributed by atoms with Gasteiger partial charge in [0.15, 0.2) is 0 Å². The Morgan fingerprint density at radius 3 is 2.34 bits per heavy atom. The average molecular weight is 476 g/mol. The lowest BCUT2D eigenvalue weighted by Gasteiger charge is -2.36. The van der Waals surface area contributed by atoms with E-state index in [1.54, 1.807) is 4.68 Å². The van der Waals surface area contributed by atoms with Gasteiger partial charge in [-0.05, 0) is 43.3 Å². The van der Waals surface area contributed by atoms with Crippen molar-refractivity contribution in [3.8, 4) is 5.69 Å². The predicted molar refractivity (Wildman–Crippen MR) is 133 cm³/mol. The number of aromatic nitrogens is 2. The van der Waals surface area contributed by atoms with E-state index in [4.69, 9.17) is 0 Å². The van der Waals surface area contributed by atoms with Crippen molar-refractivity contribution < 1.29 is 19.1 Å². The number of hydrogen-bond donors (Lipinski definition) is 1. The van der Waals surface area contributed by atoms with E-state index in [0.29, 0.717) is 37.6 Å². The van der Waals surface area contributed by atoms with E-state index >= 15 is 0 Å². The standard InChI is InChI=1S/C26H29N5O4/c1-19-17-23(31(28-19)21-8-4-3-5-9-21)26(34)30-15-13-29(14-16-30)22-10-6-7-20(18-22)27-24(32)11-12-25(33)35-2/h3-10,17-18H,11-16H2,1-2H3,(H,27,32). The summed E-state index contributed by atoms with van der Waals surface area (Å²) in [5, 5.41) is 7.34. The van der Waals surface area contributed by atoms with Crippen molar-refractivity contribution in [1.29, 1.82) is 0 Å². The number of esters is 1. The maximum Gasteiger partial charge on any atom is 0.306 e. The molecule has 0 radical (unpaired) electrons. The minimum atomic E-state index is -0.414. The number of nitrogens with zero attached hydrogens (tertiary/aromatic N) is 4. The number of ether oxygens (including phenoxy) is 1. The second-order valence-electron chi connectivity index (χ2n) is 8.37. The SMILES string of the molecule is COC(=O)CCC(=O)Nc1cccc(N2CCN(C(=O)c3cc(C)nn3-c3ccccc3)CC2)c1. The molecule has 1 aliphatic rings. The van der Waals surface area contributed by atoms with Crippen molar-refractivity contribution >= 4 is 29.2 Å². The number of methoxy groups -OCH3 is 1. The Kier molecular flexibility index (Phi) is 7.45. The quantitative estimate of drug-likeness (QED) is 0.528. The zero-order valence-corrected chi connectivity index (χ0v) is 19.9. The highest BCUT2D eigenvalue weighted by molar-refractivity contribution is 5.94. The lowest BCUT2D eigenvalue weighted by atomic mass is 10.2. The molecule has 1 saturated heterocycles. The highest BCUT2D eigenvalue weighted by Crippen LogP contribution is 2.22. The number of aryl methyl sites for hydroxylation is 1. The first-order valence-corrected chi connectivity index (χ1v) is 11.6. The summed E-state index contributed by atoms with van der Waals surface area (Å²) in [6.45, 7) is 4.38. The number of anilines is 2. The number of carbonyl (C=O) groups is 3. The molecule has 182 valence electrons. The molecule has 0 spiro atoms. The van der Waals surface area contributed by atoms with Gasteiger partial charge in [-0.15, -0.1) is 0 Å². The normalized spacial score (nSPS) is 13.4. The maximum atomic E-state index is 13.3. The number of nitrogens with one attached hydrogen (secondary N) is 1. The van der Waals surface area contributed by atoms with Gasteiger partial charge in [-0.1, -0.05) is 24.3 Å². The number of amides is 2. The van der Waals surface area contributed by atoms with Crippen LogP contribution in [0.4, 0.5) is 11.4 Å². The summed E-state index contributed by atoms with van der Waals surface area (Å²) < 4.78 is 6.28. The molecule has 2 aromatic carbocycles. The second kappa shape index (κ2) is 10.9. The molecule has 1 aromatic heterocycles. The van der Waals surface area contributed by atoms with Gasteiger partial charge in [0, 0.05) is 44.0 Å². The number of benzene rings is 2. The fourth-order valence-electron chi connectivity index (χ4n) is 4.07. The molecular weight excluding hydrogens is 446 g/mol. The third kappa shape index (κ3) is 5.87. The summed E-state index contributed by atoms with van der Waals surface area (Å²) in [6.07, 6.45) is 0.109. The Bertz CT molecular complexity index is 1200. The van der Waals surface area contributed by atoms with Crippen LogP contribution in [0, 0.1) is 6.92 Å². The topological polar surface area (TPSA) is 96.8 Å². The summed E-state index contributed by atoms with van der Waals surface area (Å²) >= 11 is 0. The van der Waals surface area contributed by atoms with Crippen LogP contribution >= 0.6 is 0 Å². The van der Waals surface area contributed by atoms with E-state index in [-0.39, 0.29) is 24.7 Å². The summed E-state index contributed by atoms with van der Waals surface area (Å²) in [5.41, 5.74) is 3.83. The van der Waals surface area contributed by atoms with Crippen LogP contribution in [-0.2, 0) is 14.3 Å². The van der Waals surface area contributed by atoms with Crippen molar-refractivity contribution in [3.05, 3.63) is 72.1 Å². The highest BCUT2D eigenvalue weighted by atomic mass is 16.5. The van der Waals surface area contributed by atoms with Crippen LogP contribution in [-0.4, -0.2) is 65.8 Å². The molecule has 0 bridgehead atoms. The van der Waals surface area contributed by atoms with E-state index in [2.05, 4.69) is 20.1 Å². The molecule has 4 rings (SSSR count). The van der Waals surface area contributed by atoms with Gasteiger partial charge in [0.2, 0.25) is 5.91 Å².